The van der Waals surface area contributed by atoms with Gasteiger partial charge < -0.3 is 30.6 Å². The van der Waals surface area contributed by atoms with Crippen molar-refractivity contribution in [3.8, 4) is 17.0 Å². The number of benzene rings is 2. The highest BCUT2D eigenvalue weighted by atomic mass is 35.5. The van der Waals surface area contributed by atoms with E-state index < -0.39 is 0 Å². The third-order valence-corrected chi connectivity index (χ3v) is 5.59. The molecule has 4 aromatic rings. The van der Waals surface area contributed by atoms with Crippen molar-refractivity contribution in [1.29, 1.82) is 0 Å². The Morgan fingerprint density at radius 3 is 2.70 bits per heavy atom. The van der Waals surface area contributed by atoms with Crippen LogP contribution in [0, 0.1) is 0 Å². The maximum absolute atomic E-state index is 6.48. The topological polar surface area (TPSA) is 90.1 Å². The Kier molecular flexibility index (Phi) is 6.86. The molecule has 2 aromatic heterocycles. The number of rotatable bonds is 9. The molecular formula is C24H28ClN7O. The van der Waals surface area contributed by atoms with Gasteiger partial charge in [0.15, 0.2) is 0 Å². The van der Waals surface area contributed by atoms with Gasteiger partial charge in [0.25, 0.3) is 0 Å². The van der Waals surface area contributed by atoms with Gasteiger partial charge in [0.05, 0.1) is 41.1 Å². The highest BCUT2D eigenvalue weighted by Crippen LogP contribution is 2.37. The number of para-hydroxylation sites is 1. The summed E-state index contributed by atoms with van der Waals surface area (Å²) in [6.45, 7) is 1.71. The summed E-state index contributed by atoms with van der Waals surface area (Å²) in [5.41, 5.74) is 5.23. The molecule has 8 nitrogen and oxygen atoms in total. The molecule has 33 heavy (non-hydrogen) atoms. The number of nitrogens with one attached hydrogen (secondary N) is 4. The second kappa shape index (κ2) is 9.97. The zero-order valence-corrected chi connectivity index (χ0v) is 19.9. The van der Waals surface area contributed by atoms with Gasteiger partial charge in [0.1, 0.15) is 5.75 Å². The van der Waals surface area contributed by atoms with Crippen LogP contribution in [0.15, 0.2) is 48.8 Å². The largest absolute Gasteiger partial charge is 0.494 e. The van der Waals surface area contributed by atoms with Crippen molar-refractivity contribution in [1.82, 2.24) is 19.9 Å². The molecule has 0 saturated carbocycles. The number of methoxy groups -OCH3 is 1. The Hall–Kier alpha value is -3.49. The summed E-state index contributed by atoms with van der Waals surface area (Å²) in [4.78, 5) is 14.5. The molecule has 0 atom stereocenters. The van der Waals surface area contributed by atoms with Gasteiger partial charge in [0.2, 0.25) is 5.95 Å². The number of hydrogen-bond donors (Lipinski definition) is 4. The van der Waals surface area contributed by atoms with E-state index in [-0.39, 0.29) is 0 Å². The van der Waals surface area contributed by atoms with Gasteiger partial charge in [-0.1, -0.05) is 29.8 Å². The van der Waals surface area contributed by atoms with E-state index in [1.165, 1.54) is 0 Å². The zero-order chi connectivity index (χ0) is 23.4. The molecule has 0 fully saturated rings. The lowest BCUT2D eigenvalue weighted by molar-refractivity contribution is 0.417. The Labute approximate surface area is 198 Å². The Morgan fingerprint density at radius 2 is 1.94 bits per heavy atom. The van der Waals surface area contributed by atoms with Crippen LogP contribution in [0.2, 0.25) is 5.02 Å². The van der Waals surface area contributed by atoms with Gasteiger partial charge in [0, 0.05) is 48.9 Å². The van der Waals surface area contributed by atoms with E-state index in [4.69, 9.17) is 21.3 Å². The lowest BCUT2D eigenvalue weighted by Gasteiger charge is -2.18. The second-order valence-electron chi connectivity index (χ2n) is 7.84. The predicted molar refractivity (Wildman–Crippen MR) is 137 cm³/mol. The van der Waals surface area contributed by atoms with E-state index in [1.54, 1.807) is 13.3 Å². The molecule has 0 aliphatic carbocycles. The summed E-state index contributed by atoms with van der Waals surface area (Å²) in [5, 5.41) is 11.5. The first-order valence-corrected chi connectivity index (χ1v) is 11.0. The molecule has 0 unspecified atom stereocenters. The third-order valence-electron chi connectivity index (χ3n) is 5.32. The van der Waals surface area contributed by atoms with Crippen molar-refractivity contribution in [2.45, 2.75) is 0 Å². The fourth-order valence-electron chi connectivity index (χ4n) is 3.62. The normalized spacial score (nSPS) is 11.1. The maximum Gasteiger partial charge on any atom is 0.227 e. The van der Waals surface area contributed by atoms with E-state index in [0.29, 0.717) is 22.4 Å². The molecule has 4 N–H and O–H groups in total. The van der Waals surface area contributed by atoms with Crippen LogP contribution in [0.1, 0.15) is 0 Å². The van der Waals surface area contributed by atoms with Crippen LogP contribution in [0.4, 0.5) is 23.0 Å². The number of aromatic amines is 1. The van der Waals surface area contributed by atoms with E-state index >= 15 is 0 Å². The third kappa shape index (κ3) is 4.97. The number of hydrogen-bond acceptors (Lipinski definition) is 7. The SMILES string of the molecule is CNc1cc(OC)c(Nc2ncc(Cl)c(-c3c[nH]c4ccccc34)n2)cc1NCCN(C)C. The highest BCUT2D eigenvalue weighted by Gasteiger charge is 2.15. The van der Waals surface area contributed by atoms with Crippen LogP contribution in [0.25, 0.3) is 22.2 Å². The summed E-state index contributed by atoms with van der Waals surface area (Å²) in [5.74, 6) is 1.10. The minimum absolute atomic E-state index is 0.425. The monoisotopic (exact) mass is 465 g/mol. The van der Waals surface area contributed by atoms with Gasteiger partial charge in [-0.15, -0.1) is 0 Å². The quantitative estimate of drug-likeness (QED) is 0.275. The lowest BCUT2D eigenvalue weighted by Crippen LogP contribution is -2.21. The first kappa shape index (κ1) is 22.7. The second-order valence-corrected chi connectivity index (χ2v) is 8.25. The molecule has 9 heteroatoms. The number of likely N-dealkylation sites (N-methyl/N-ethyl adjacent to an activating group) is 1. The molecule has 0 spiro atoms. The molecule has 0 aliphatic rings. The number of ether oxygens (including phenoxy) is 1. The van der Waals surface area contributed by atoms with Crippen molar-refractivity contribution in [2.24, 2.45) is 0 Å². The Balaban J connectivity index is 1.68. The molecule has 0 saturated heterocycles. The summed E-state index contributed by atoms with van der Waals surface area (Å²) in [6.07, 6.45) is 3.52. The van der Waals surface area contributed by atoms with Gasteiger partial charge in [-0.2, -0.15) is 0 Å². The molecule has 0 aliphatic heterocycles. The van der Waals surface area contributed by atoms with Crippen LogP contribution in [-0.2, 0) is 0 Å². The lowest BCUT2D eigenvalue weighted by atomic mass is 10.1. The van der Waals surface area contributed by atoms with Crippen LogP contribution in [0.3, 0.4) is 0 Å². The van der Waals surface area contributed by atoms with E-state index in [2.05, 4.69) is 30.8 Å². The van der Waals surface area contributed by atoms with E-state index in [1.807, 2.05) is 63.7 Å². The summed E-state index contributed by atoms with van der Waals surface area (Å²) in [7, 11) is 7.61. The molecule has 172 valence electrons. The van der Waals surface area contributed by atoms with Gasteiger partial charge in [-0.3, -0.25) is 0 Å². The fraction of sp³-hybridized carbons (Fsp3) is 0.250. The Bertz CT molecular complexity index is 1260. The van der Waals surface area contributed by atoms with E-state index in [0.717, 1.165) is 46.6 Å². The van der Waals surface area contributed by atoms with Crippen molar-refractivity contribution in [2.75, 3.05) is 57.3 Å². The minimum Gasteiger partial charge on any atom is -0.494 e. The van der Waals surface area contributed by atoms with Crippen LogP contribution in [0.5, 0.6) is 5.75 Å². The number of halogens is 1. The van der Waals surface area contributed by atoms with Crippen molar-refractivity contribution in [3.05, 3.63) is 53.8 Å². The van der Waals surface area contributed by atoms with Gasteiger partial charge in [-0.05, 0) is 26.2 Å². The van der Waals surface area contributed by atoms with Gasteiger partial charge in [-0.25, -0.2) is 9.97 Å². The fourth-order valence-corrected chi connectivity index (χ4v) is 3.81. The molecule has 0 radical (unpaired) electrons. The molecule has 0 amide bonds. The first-order valence-electron chi connectivity index (χ1n) is 10.6. The van der Waals surface area contributed by atoms with Crippen LogP contribution >= 0.6 is 11.6 Å². The zero-order valence-electron chi connectivity index (χ0n) is 19.2. The molecule has 0 bridgehead atoms. The van der Waals surface area contributed by atoms with Crippen molar-refractivity contribution < 1.29 is 4.74 Å². The molecular weight excluding hydrogens is 438 g/mol. The number of nitrogens with zero attached hydrogens (tertiary/aromatic N) is 3. The van der Waals surface area contributed by atoms with Crippen LogP contribution in [-0.4, -0.2) is 61.2 Å². The van der Waals surface area contributed by atoms with Crippen molar-refractivity contribution >= 4 is 45.5 Å². The highest BCUT2D eigenvalue weighted by molar-refractivity contribution is 6.33. The predicted octanol–water partition coefficient (Wildman–Crippen LogP) is 5.05. The average molecular weight is 466 g/mol. The van der Waals surface area contributed by atoms with Crippen LogP contribution < -0.4 is 20.7 Å². The standard InChI is InChI=1S/C24H28ClN7O/c1-26-19-12-22(33-4)21(11-20(19)27-9-10-32(2)3)30-24-29-14-17(25)23(31-24)16-13-28-18-8-6-5-7-15(16)18/h5-8,11-14,26-28H,9-10H2,1-4H3,(H,29,30,31). The van der Waals surface area contributed by atoms with E-state index in [9.17, 15) is 0 Å². The Morgan fingerprint density at radius 1 is 1.12 bits per heavy atom. The number of H-pyrrole nitrogens is 1. The molecule has 2 heterocycles. The summed E-state index contributed by atoms with van der Waals surface area (Å²) >= 11 is 6.48. The molecule has 4 rings (SSSR count). The number of anilines is 4. The summed E-state index contributed by atoms with van der Waals surface area (Å²) in [6, 6.07) is 12.0. The first-order chi connectivity index (χ1) is 16.0. The molecule has 2 aromatic carbocycles. The summed E-state index contributed by atoms with van der Waals surface area (Å²) < 4.78 is 5.62. The van der Waals surface area contributed by atoms with Crippen molar-refractivity contribution in [3.63, 3.8) is 0 Å². The maximum atomic E-state index is 6.48. The minimum atomic E-state index is 0.425. The number of fused-ring (bicyclic) bond motifs is 1. The smallest absolute Gasteiger partial charge is 0.227 e. The van der Waals surface area contributed by atoms with Gasteiger partial charge >= 0.3 is 0 Å². The number of aromatic nitrogens is 3. The average Bonchev–Trinajstić information content (AvgIpc) is 3.24.